The second-order valence-corrected chi connectivity index (χ2v) is 4.09. The molecular weight excluding hydrogens is 234 g/mol. The van der Waals surface area contributed by atoms with E-state index >= 15 is 0 Å². The van der Waals surface area contributed by atoms with Crippen LogP contribution >= 0.6 is 11.6 Å². The summed E-state index contributed by atoms with van der Waals surface area (Å²) >= 11 is 5.97. The van der Waals surface area contributed by atoms with Crippen molar-refractivity contribution in [1.29, 1.82) is 0 Å². The molecule has 0 saturated carbocycles. The molecule has 1 aromatic heterocycles. The summed E-state index contributed by atoms with van der Waals surface area (Å²) in [7, 11) is 0. The van der Waals surface area contributed by atoms with Crippen LogP contribution in [0.4, 0.5) is 5.95 Å². The fraction of sp³-hybridized carbons (Fsp3) is 0.231. The number of nitrogens with zero attached hydrogens (tertiary/aromatic N) is 2. The number of aryl methyl sites for hydroxylation is 1. The quantitative estimate of drug-likeness (QED) is 0.844. The molecule has 0 fully saturated rings. The highest BCUT2D eigenvalue weighted by atomic mass is 35.5. The van der Waals surface area contributed by atoms with Crippen molar-refractivity contribution in [3.63, 3.8) is 0 Å². The zero-order chi connectivity index (χ0) is 12.1. The van der Waals surface area contributed by atoms with Crippen LogP contribution in [0.5, 0.6) is 0 Å². The lowest BCUT2D eigenvalue weighted by Gasteiger charge is -2.16. The van der Waals surface area contributed by atoms with Gasteiger partial charge in [-0.15, -0.1) is 11.6 Å². The maximum Gasteiger partial charge on any atom is 0.223 e. The van der Waals surface area contributed by atoms with E-state index in [2.05, 4.69) is 15.3 Å². The lowest BCUT2D eigenvalue weighted by molar-refractivity contribution is 0.864. The maximum atomic E-state index is 5.97. The summed E-state index contributed by atoms with van der Waals surface area (Å²) < 4.78 is 0. The van der Waals surface area contributed by atoms with E-state index in [0.29, 0.717) is 11.8 Å². The van der Waals surface area contributed by atoms with Crippen LogP contribution in [0.25, 0.3) is 0 Å². The van der Waals surface area contributed by atoms with Gasteiger partial charge in [-0.1, -0.05) is 30.3 Å². The number of benzene rings is 1. The molecule has 1 heterocycles. The first-order valence-electron chi connectivity index (χ1n) is 5.46. The molecule has 0 aliphatic carbocycles. The molecule has 0 aliphatic heterocycles. The predicted molar refractivity (Wildman–Crippen MR) is 70.3 cm³/mol. The van der Waals surface area contributed by atoms with E-state index in [-0.39, 0.29) is 6.04 Å². The van der Waals surface area contributed by atoms with E-state index < -0.39 is 0 Å². The van der Waals surface area contributed by atoms with Crippen molar-refractivity contribution in [2.45, 2.75) is 13.0 Å². The predicted octanol–water partition coefficient (Wildman–Crippen LogP) is 3.18. The molecule has 0 spiro atoms. The van der Waals surface area contributed by atoms with Gasteiger partial charge in [0.25, 0.3) is 0 Å². The molecule has 0 saturated heterocycles. The van der Waals surface area contributed by atoms with Crippen LogP contribution < -0.4 is 5.32 Å². The van der Waals surface area contributed by atoms with Crippen molar-refractivity contribution in [2.75, 3.05) is 11.2 Å². The first kappa shape index (κ1) is 11.9. The molecule has 2 rings (SSSR count). The smallest absolute Gasteiger partial charge is 0.223 e. The number of rotatable bonds is 4. The average molecular weight is 248 g/mol. The molecule has 17 heavy (non-hydrogen) atoms. The van der Waals surface area contributed by atoms with Gasteiger partial charge in [-0.25, -0.2) is 9.97 Å². The minimum absolute atomic E-state index is 0.0275. The van der Waals surface area contributed by atoms with Crippen LogP contribution in [0.2, 0.25) is 0 Å². The van der Waals surface area contributed by atoms with Crippen LogP contribution in [0.3, 0.4) is 0 Å². The van der Waals surface area contributed by atoms with Crippen molar-refractivity contribution < 1.29 is 0 Å². The highest BCUT2D eigenvalue weighted by Gasteiger charge is 2.10. The van der Waals surface area contributed by atoms with Crippen LogP contribution in [-0.2, 0) is 0 Å². The van der Waals surface area contributed by atoms with Crippen LogP contribution in [0, 0.1) is 6.92 Å². The lowest BCUT2D eigenvalue weighted by atomic mass is 10.1. The van der Waals surface area contributed by atoms with E-state index in [0.717, 1.165) is 11.3 Å². The maximum absolute atomic E-state index is 5.97. The first-order valence-corrected chi connectivity index (χ1v) is 6.00. The average Bonchev–Trinajstić information content (AvgIpc) is 2.37. The SMILES string of the molecule is Cc1ccnc(NC(CCl)c2ccccc2)n1. The van der Waals surface area contributed by atoms with Crippen molar-refractivity contribution in [3.8, 4) is 0 Å². The normalized spacial score (nSPS) is 12.1. The minimum Gasteiger partial charge on any atom is -0.346 e. The molecule has 2 aromatic rings. The molecule has 1 unspecified atom stereocenters. The third-order valence-corrected chi connectivity index (χ3v) is 2.76. The van der Waals surface area contributed by atoms with Gasteiger partial charge in [0.2, 0.25) is 5.95 Å². The van der Waals surface area contributed by atoms with Gasteiger partial charge in [-0.3, -0.25) is 0 Å². The molecule has 3 nitrogen and oxygen atoms in total. The fourth-order valence-electron chi connectivity index (χ4n) is 1.57. The number of aromatic nitrogens is 2. The highest BCUT2D eigenvalue weighted by molar-refractivity contribution is 6.18. The van der Waals surface area contributed by atoms with E-state index in [9.17, 15) is 0 Å². The highest BCUT2D eigenvalue weighted by Crippen LogP contribution is 2.18. The molecule has 4 heteroatoms. The third-order valence-electron chi connectivity index (χ3n) is 2.45. The molecule has 0 bridgehead atoms. The van der Waals surface area contributed by atoms with E-state index in [1.54, 1.807) is 6.20 Å². The topological polar surface area (TPSA) is 37.8 Å². The largest absolute Gasteiger partial charge is 0.346 e. The summed E-state index contributed by atoms with van der Waals surface area (Å²) in [6.07, 6.45) is 1.74. The Bertz CT molecular complexity index is 473. The Hall–Kier alpha value is -1.61. The zero-order valence-electron chi connectivity index (χ0n) is 9.60. The summed E-state index contributed by atoms with van der Waals surface area (Å²) in [4.78, 5) is 8.48. The lowest BCUT2D eigenvalue weighted by Crippen LogP contribution is -2.14. The van der Waals surface area contributed by atoms with Gasteiger partial charge in [0.05, 0.1) is 6.04 Å². The van der Waals surface area contributed by atoms with Crippen LogP contribution in [0.1, 0.15) is 17.3 Å². The molecule has 88 valence electrons. The van der Waals surface area contributed by atoms with Crippen LogP contribution in [-0.4, -0.2) is 15.8 Å². The van der Waals surface area contributed by atoms with Gasteiger partial charge in [0.1, 0.15) is 0 Å². The Morgan fingerprint density at radius 2 is 2.00 bits per heavy atom. The summed E-state index contributed by atoms with van der Waals surface area (Å²) in [6.45, 7) is 1.94. The second-order valence-electron chi connectivity index (χ2n) is 3.78. The van der Waals surface area contributed by atoms with Gasteiger partial charge in [0, 0.05) is 17.8 Å². The number of alkyl halides is 1. The molecule has 0 aliphatic rings. The Kier molecular flexibility index (Phi) is 3.94. The van der Waals surface area contributed by atoms with Gasteiger partial charge in [-0.05, 0) is 18.6 Å². The van der Waals surface area contributed by atoms with E-state index in [1.807, 2.05) is 43.3 Å². The standard InChI is InChI=1S/C13H14ClN3/c1-10-7-8-15-13(16-10)17-12(9-14)11-5-3-2-4-6-11/h2-8,12H,9H2,1H3,(H,15,16,17). The summed E-state index contributed by atoms with van der Waals surface area (Å²) in [5.41, 5.74) is 2.07. The van der Waals surface area contributed by atoms with Gasteiger partial charge in [-0.2, -0.15) is 0 Å². The van der Waals surface area contributed by atoms with Crippen molar-refractivity contribution in [1.82, 2.24) is 9.97 Å². The van der Waals surface area contributed by atoms with Gasteiger partial charge < -0.3 is 5.32 Å². The number of hydrogen-bond donors (Lipinski definition) is 1. The minimum atomic E-state index is 0.0275. The Balaban J connectivity index is 2.16. The van der Waals surface area contributed by atoms with Crippen molar-refractivity contribution in [2.24, 2.45) is 0 Å². The zero-order valence-corrected chi connectivity index (χ0v) is 10.4. The van der Waals surface area contributed by atoms with Crippen LogP contribution in [0.15, 0.2) is 42.6 Å². The molecule has 1 atom stereocenters. The molecule has 1 aromatic carbocycles. The molecular formula is C13H14ClN3. The Morgan fingerprint density at radius 1 is 1.24 bits per heavy atom. The van der Waals surface area contributed by atoms with Crippen molar-refractivity contribution >= 4 is 17.5 Å². The number of halogens is 1. The fourth-order valence-corrected chi connectivity index (χ4v) is 1.83. The monoisotopic (exact) mass is 247 g/mol. The Morgan fingerprint density at radius 3 is 2.65 bits per heavy atom. The number of hydrogen-bond acceptors (Lipinski definition) is 3. The number of nitrogens with one attached hydrogen (secondary N) is 1. The number of anilines is 1. The first-order chi connectivity index (χ1) is 8.29. The Labute approximate surface area is 106 Å². The molecule has 0 radical (unpaired) electrons. The summed E-state index contributed by atoms with van der Waals surface area (Å²) in [5.74, 6) is 1.08. The van der Waals surface area contributed by atoms with Gasteiger partial charge >= 0.3 is 0 Å². The third kappa shape index (κ3) is 3.17. The molecule has 0 amide bonds. The molecule has 1 N–H and O–H groups in total. The van der Waals surface area contributed by atoms with E-state index in [1.165, 1.54) is 0 Å². The second kappa shape index (κ2) is 5.64. The van der Waals surface area contributed by atoms with Crippen molar-refractivity contribution in [3.05, 3.63) is 53.9 Å². The summed E-state index contributed by atoms with van der Waals surface area (Å²) in [6, 6.07) is 11.9. The van der Waals surface area contributed by atoms with E-state index in [4.69, 9.17) is 11.6 Å². The summed E-state index contributed by atoms with van der Waals surface area (Å²) in [5, 5.41) is 3.23. The van der Waals surface area contributed by atoms with Gasteiger partial charge in [0.15, 0.2) is 0 Å².